The fourth-order valence-corrected chi connectivity index (χ4v) is 14.4. The minimum Gasteiger partial charge on any atom is -0.469 e. The maximum atomic E-state index is 14.7. The molecule has 6 heterocycles. The summed E-state index contributed by atoms with van der Waals surface area (Å²) < 4.78 is 24.2. The summed E-state index contributed by atoms with van der Waals surface area (Å²) >= 11 is 0. The van der Waals surface area contributed by atoms with Gasteiger partial charge in [-0.15, -0.1) is 0 Å². The van der Waals surface area contributed by atoms with Crippen molar-refractivity contribution in [3.05, 3.63) is 65.4 Å². The van der Waals surface area contributed by atoms with E-state index in [9.17, 15) is 19.5 Å². The van der Waals surface area contributed by atoms with E-state index in [2.05, 4.69) is 69.4 Å². The van der Waals surface area contributed by atoms with Crippen LogP contribution < -0.4 is 5.32 Å². The van der Waals surface area contributed by atoms with Crippen LogP contribution in [-0.4, -0.2) is 134 Å². The third-order valence-electron chi connectivity index (χ3n) is 16.1. The summed E-state index contributed by atoms with van der Waals surface area (Å²) in [6.45, 7) is 9.71. The molecule has 9 rings (SSSR count). The van der Waals surface area contributed by atoms with Crippen LogP contribution in [0.5, 0.6) is 0 Å². The van der Waals surface area contributed by atoms with Crippen LogP contribution in [0.1, 0.15) is 52.0 Å². The molecule has 57 heavy (non-hydrogen) atoms. The molecule has 4 fully saturated rings. The quantitative estimate of drug-likeness (QED) is 0.237. The number of nitrogens with one attached hydrogen (secondary N) is 1. The molecule has 8 aliphatic rings. The number of rotatable bonds is 7. The highest BCUT2D eigenvalue weighted by Gasteiger charge is 2.81. The second kappa shape index (κ2) is 13.7. The van der Waals surface area contributed by atoms with Gasteiger partial charge in [0.2, 0.25) is 5.60 Å². The van der Waals surface area contributed by atoms with E-state index in [4.69, 9.17) is 18.9 Å². The maximum absolute atomic E-state index is 14.7. The lowest BCUT2D eigenvalue weighted by Gasteiger charge is -2.63. The van der Waals surface area contributed by atoms with E-state index in [0.717, 1.165) is 56.0 Å². The highest BCUT2D eigenvalue weighted by molar-refractivity contribution is 5.84. The van der Waals surface area contributed by atoms with Gasteiger partial charge in [-0.25, -0.2) is 4.79 Å². The summed E-state index contributed by atoms with van der Waals surface area (Å²) in [7, 11) is 6.50. The summed E-state index contributed by atoms with van der Waals surface area (Å²) in [5, 5.41) is 17.3. The lowest BCUT2D eigenvalue weighted by atomic mass is 9.47. The molecule has 1 aromatic rings. The topological polar surface area (TPSA) is 130 Å². The summed E-state index contributed by atoms with van der Waals surface area (Å²) in [6, 6.07) is 7.39. The number of esters is 3. The molecule has 0 radical (unpaired) electrons. The molecule has 14 atom stereocenters. The van der Waals surface area contributed by atoms with E-state index >= 15 is 0 Å². The van der Waals surface area contributed by atoms with Crippen molar-refractivity contribution in [2.45, 2.75) is 88.3 Å². The van der Waals surface area contributed by atoms with E-state index in [-0.39, 0.29) is 29.8 Å². The zero-order valence-corrected chi connectivity index (χ0v) is 34.5. The van der Waals surface area contributed by atoms with Crippen molar-refractivity contribution in [1.29, 1.82) is 0 Å². The number of carbonyl (C=O) groups excluding carboxylic acids is 3. The molecular formula is C45H60N4O8. The second-order valence-electron chi connectivity index (χ2n) is 18.4. The number of methoxy groups -OCH3 is 3. The van der Waals surface area contributed by atoms with Gasteiger partial charge in [-0.1, -0.05) is 62.8 Å². The van der Waals surface area contributed by atoms with E-state index in [1.807, 2.05) is 20.0 Å². The van der Waals surface area contributed by atoms with Crippen LogP contribution in [0, 0.1) is 40.4 Å². The summed E-state index contributed by atoms with van der Waals surface area (Å²) in [5.41, 5.74) is -0.221. The van der Waals surface area contributed by atoms with Gasteiger partial charge in [0.1, 0.15) is 6.10 Å². The van der Waals surface area contributed by atoms with Crippen molar-refractivity contribution in [3.8, 4) is 0 Å². The van der Waals surface area contributed by atoms with Crippen LogP contribution in [0.2, 0.25) is 0 Å². The van der Waals surface area contributed by atoms with Gasteiger partial charge >= 0.3 is 17.9 Å². The SMILES string of the molecule is CC[C@@H]1C[C@@H]2CN(C1)CC1(Cc3ccccc3N1)[C@H](C(=O)OC)C2[C@@H]1C=CC2=C(C1OC)N(C)C1[C@]23CCN2CC=C[C@@](CC)([C@@H](OC(C)=O)[C@]1(O)C(=O)OC)[C@H]23. The Bertz CT molecular complexity index is 1910. The first-order valence-corrected chi connectivity index (χ1v) is 21.1. The number of piperidine rings is 1. The standard InChI is InChI=1S/C45H60N4O8/c1-8-27-21-29-24-48(23-27)25-43(22-28-13-10-11-14-32(28)46-43)34(37(51)55-6)33(29)30-15-16-31-35(36(30)54-5)47(4)39-44(31)18-20-49-19-12-17-42(9-2,38(44)49)40(57-26(3)50)45(39,53)41(52)56-7/h10-17,27,29-30,33-34,36,38-40,46,53H,8-9,18-25H2,1-7H3/t27-,29-,30+,33?,34+,36?,38+,39?,40-,42-,43?,44-,45+/m1/s1. The van der Waals surface area contributed by atoms with Crippen LogP contribution in [0.15, 0.2) is 59.8 Å². The maximum Gasteiger partial charge on any atom is 0.344 e. The molecule has 2 bridgehead atoms. The number of anilines is 1. The van der Waals surface area contributed by atoms with Crippen LogP contribution in [-0.2, 0) is 39.8 Å². The third-order valence-corrected chi connectivity index (χ3v) is 16.1. The number of likely N-dealkylation sites (N-methyl/N-ethyl adjacent to an activating group) is 1. The Labute approximate surface area is 336 Å². The molecule has 2 aliphatic carbocycles. The predicted octanol–water partition coefficient (Wildman–Crippen LogP) is 3.81. The van der Waals surface area contributed by atoms with Crippen molar-refractivity contribution in [2.75, 3.05) is 66.4 Å². The number of carbonyl (C=O) groups is 3. The van der Waals surface area contributed by atoms with Crippen molar-refractivity contribution >= 4 is 23.6 Å². The van der Waals surface area contributed by atoms with Crippen LogP contribution >= 0.6 is 0 Å². The molecule has 12 heteroatoms. The molecule has 3 saturated heterocycles. The Hall–Kier alpha value is -3.71. The Balaban J connectivity index is 1.22. The highest BCUT2D eigenvalue weighted by Crippen LogP contribution is 2.69. The van der Waals surface area contributed by atoms with Gasteiger partial charge in [0.15, 0.2) is 6.10 Å². The van der Waals surface area contributed by atoms with Crippen LogP contribution in [0.3, 0.4) is 0 Å². The van der Waals surface area contributed by atoms with E-state index in [0.29, 0.717) is 31.7 Å². The third kappa shape index (κ3) is 5.08. The van der Waals surface area contributed by atoms with Gasteiger partial charge in [0.05, 0.1) is 31.7 Å². The number of hydrogen-bond donors (Lipinski definition) is 2. The van der Waals surface area contributed by atoms with Gasteiger partial charge in [0.25, 0.3) is 0 Å². The monoisotopic (exact) mass is 784 g/mol. The van der Waals surface area contributed by atoms with Crippen molar-refractivity contribution in [2.24, 2.45) is 40.4 Å². The molecule has 2 N–H and O–H groups in total. The number of nitrogens with zero attached hydrogens (tertiary/aromatic N) is 3. The zero-order valence-electron chi connectivity index (χ0n) is 34.5. The minimum absolute atomic E-state index is 0.164. The summed E-state index contributed by atoms with van der Waals surface area (Å²) in [4.78, 5) is 49.1. The first-order chi connectivity index (χ1) is 27.4. The molecule has 12 nitrogen and oxygen atoms in total. The fraction of sp³-hybridized carbons (Fsp3) is 0.667. The summed E-state index contributed by atoms with van der Waals surface area (Å²) in [6.07, 6.45) is 11.0. The molecule has 1 aromatic carbocycles. The molecule has 0 aromatic heterocycles. The largest absolute Gasteiger partial charge is 0.469 e. The van der Waals surface area contributed by atoms with E-state index in [1.165, 1.54) is 26.7 Å². The van der Waals surface area contributed by atoms with Crippen molar-refractivity contribution in [1.82, 2.24) is 14.7 Å². The minimum atomic E-state index is -2.23. The first-order valence-electron chi connectivity index (χ1n) is 21.1. The number of aliphatic hydroxyl groups is 1. The lowest BCUT2D eigenvalue weighted by Crippen LogP contribution is -2.80. The first kappa shape index (κ1) is 38.8. The number of hydrogen-bond acceptors (Lipinski definition) is 12. The fourth-order valence-electron chi connectivity index (χ4n) is 14.4. The molecular weight excluding hydrogens is 725 g/mol. The van der Waals surface area contributed by atoms with E-state index in [1.54, 1.807) is 7.11 Å². The number of para-hydroxylation sites is 1. The zero-order chi connectivity index (χ0) is 40.2. The van der Waals surface area contributed by atoms with Crippen molar-refractivity contribution < 1.29 is 38.4 Å². The smallest absolute Gasteiger partial charge is 0.344 e. The molecule has 308 valence electrons. The van der Waals surface area contributed by atoms with Gasteiger partial charge in [0, 0.05) is 81.4 Å². The molecule has 5 unspecified atom stereocenters. The normalized spacial score (nSPS) is 43.8. The molecule has 6 aliphatic heterocycles. The number of allylic oxidation sites excluding steroid dienone is 1. The molecule has 1 saturated carbocycles. The average Bonchev–Trinajstić information content (AvgIpc) is 3.85. The predicted molar refractivity (Wildman–Crippen MR) is 213 cm³/mol. The number of fused-ring (bicyclic) bond motifs is 3. The van der Waals surface area contributed by atoms with Crippen molar-refractivity contribution in [3.63, 3.8) is 0 Å². The molecule has 2 spiro atoms. The van der Waals surface area contributed by atoms with Gasteiger partial charge in [-0.05, 0) is 67.2 Å². The second-order valence-corrected chi connectivity index (χ2v) is 18.4. The van der Waals surface area contributed by atoms with Gasteiger partial charge in [-0.3, -0.25) is 14.5 Å². The number of ether oxygens (including phenoxy) is 4. The Kier molecular flexibility index (Phi) is 9.31. The Morgan fingerprint density at radius 3 is 2.53 bits per heavy atom. The lowest BCUT2D eigenvalue weighted by molar-refractivity contribution is -0.245. The highest BCUT2D eigenvalue weighted by atomic mass is 16.6. The van der Waals surface area contributed by atoms with Crippen LogP contribution in [0.25, 0.3) is 0 Å². The number of benzene rings is 1. The summed E-state index contributed by atoms with van der Waals surface area (Å²) in [5.74, 6) is -1.84. The average molecular weight is 785 g/mol. The van der Waals surface area contributed by atoms with Gasteiger partial charge < -0.3 is 39.2 Å². The van der Waals surface area contributed by atoms with E-state index < -0.39 is 58.1 Å². The van der Waals surface area contributed by atoms with Crippen LogP contribution in [0.4, 0.5) is 5.69 Å². The molecule has 0 amide bonds. The Morgan fingerprint density at radius 2 is 1.84 bits per heavy atom. The Morgan fingerprint density at radius 1 is 1.05 bits per heavy atom. The van der Waals surface area contributed by atoms with Gasteiger partial charge in [-0.2, -0.15) is 0 Å².